The summed E-state index contributed by atoms with van der Waals surface area (Å²) in [7, 11) is 4.08. The fourth-order valence-corrected chi connectivity index (χ4v) is 2.92. The van der Waals surface area contributed by atoms with E-state index < -0.39 is 5.60 Å². The zero-order chi connectivity index (χ0) is 14.5. The number of nitrogens with zero attached hydrogens (tertiary/aromatic N) is 3. The van der Waals surface area contributed by atoms with Crippen molar-refractivity contribution in [1.29, 1.82) is 0 Å². The van der Waals surface area contributed by atoms with Crippen molar-refractivity contribution in [3.05, 3.63) is 16.4 Å². The first kappa shape index (κ1) is 16.7. The summed E-state index contributed by atoms with van der Waals surface area (Å²) in [5.74, 6) is 0. The lowest BCUT2D eigenvalue weighted by Crippen LogP contribution is -2.28. The number of likely N-dealkylation sites (N-methyl/N-ethyl adjacent to an activating group) is 1. The van der Waals surface area contributed by atoms with Crippen molar-refractivity contribution >= 4 is 15.9 Å². The van der Waals surface area contributed by atoms with Crippen LogP contribution in [0.1, 0.15) is 45.2 Å². The van der Waals surface area contributed by atoms with Gasteiger partial charge in [0.15, 0.2) is 0 Å². The third-order valence-corrected chi connectivity index (χ3v) is 3.91. The Balaban J connectivity index is 2.81. The number of aliphatic hydroxyl groups is 1. The van der Waals surface area contributed by atoms with Gasteiger partial charge in [-0.05, 0) is 43.4 Å². The standard InChI is InChI=1S/C14H26BrN3O/c1-5-6-7-8-14(2,19)13-12(15)11-16-18(13)10-9-17(3)4/h11,19H,5-10H2,1-4H3. The highest BCUT2D eigenvalue weighted by molar-refractivity contribution is 9.10. The van der Waals surface area contributed by atoms with Gasteiger partial charge < -0.3 is 10.0 Å². The van der Waals surface area contributed by atoms with Crippen LogP contribution in [0.5, 0.6) is 0 Å². The molecule has 1 atom stereocenters. The number of hydrogen-bond acceptors (Lipinski definition) is 3. The number of hydrogen-bond donors (Lipinski definition) is 1. The van der Waals surface area contributed by atoms with Gasteiger partial charge in [-0.1, -0.05) is 26.2 Å². The van der Waals surface area contributed by atoms with Crippen molar-refractivity contribution < 1.29 is 5.11 Å². The minimum Gasteiger partial charge on any atom is -0.384 e. The molecule has 0 bridgehead atoms. The van der Waals surface area contributed by atoms with Crippen LogP contribution in [0.25, 0.3) is 0 Å². The van der Waals surface area contributed by atoms with Crippen molar-refractivity contribution in [2.75, 3.05) is 20.6 Å². The molecule has 1 unspecified atom stereocenters. The summed E-state index contributed by atoms with van der Waals surface area (Å²) in [6, 6.07) is 0. The molecule has 1 rings (SSSR count). The van der Waals surface area contributed by atoms with Gasteiger partial charge in [0.25, 0.3) is 0 Å². The summed E-state index contributed by atoms with van der Waals surface area (Å²) in [5, 5.41) is 15.1. The van der Waals surface area contributed by atoms with Crippen LogP contribution in [0, 0.1) is 0 Å². The maximum atomic E-state index is 10.7. The quantitative estimate of drug-likeness (QED) is 0.744. The van der Waals surface area contributed by atoms with Gasteiger partial charge in [0.1, 0.15) is 5.60 Å². The highest BCUT2D eigenvalue weighted by Gasteiger charge is 2.29. The lowest BCUT2D eigenvalue weighted by atomic mass is 9.94. The molecular formula is C14H26BrN3O. The van der Waals surface area contributed by atoms with Gasteiger partial charge in [0.05, 0.1) is 22.9 Å². The minimum atomic E-state index is -0.823. The fourth-order valence-electron chi connectivity index (χ4n) is 2.20. The number of aromatic nitrogens is 2. The molecule has 1 aromatic rings. The van der Waals surface area contributed by atoms with Gasteiger partial charge in [-0.3, -0.25) is 4.68 Å². The number of unbranched alkanes of at least 4 members (excludes halogenated alkanes) is 2. The van der Waals surface area contributed by atoms with Crippen molar-refractivity contribution in [1.82, 2.24) is 14.7 Å². The third kappa shape index (κ3) is 4.89. The Kier molecular flexibility index (Phi) is 6.50. The van der Waals surface area contributed by atoms with E-state index in [9.17, 15) is 5.11 Å². The van der Waals surface area contributed by atoms with Gasteiger partial charge >= 0.3 is 0 Å². The van der Waals surface area contributed by atoms with Crippen molar-refractivity contribution in [2.24, 2.45) is 0 Å². The average Bonchev–Trinajstić information content (AvgIpc) is 2.68. The van der Waals surface area contributed by atoms with Crippen LogP contribution < -0.4 is 0 Å². The monoisotopic (exact) mass is 331 g/mol. The SMILES string of the molecule is CCCCCC(C)(O)c1c(Br)cnn1CCN(C)C. The molecular weight excluding hydrogens is 306 g/mol. The van der Waals surface area contributed by atoms with Crippen LogP contribution in [0.4, 0.5) is 0 Å². The van der Waals surface area contributed by atoms with Crippen molar-refractivity contribution in [2.45, 2.75) is 51.7 Å². The highest BCUT2D eigenvalue weighted by Crippen LogP contribution is 2.32. The smallest absolute Gasteiger partial charge is 0.105 e. The first-order valence-electron chi connectivity index (χ1n) is 6.97. The molecule has 0 aliphatic carbocycles. The van der Waals surface area contributed by atoms with E-state index in [1.165, 1.54) is 0 Å². The Morgan fingerprint density at radius 2 is 2.11 bits per heavy atom. The normalized spacial score (nSPS) is 14.9. The maximum absolute atomic E-state index is 10.7. The molecule has 4 nitrogen and oxygen atoms in total. The van der Waals surface area contributed by atoms with Crippen LogP contribution >= 0.6 is 15.9 Å². The first-order valence-corrected chi connectivity index (χ1v) is 7.76. The molecule has 0 saturated carbocycles. The lowest BCUT2D eigenvalue weighted by molar-refractivity contribution is 0.0345. The summed E-state index contributed by atoms with van der Waals surface area (Å²) in [6.45, 7) is 5.76. The van der Waals surface area contributed by atoms with E-state index in [0.717, 1.165) is 48.9 Å². The van der Waals surface area contributed by atoms with E-state index in [-0.39, 0.29) is 0 Å². The van der Waals surface area contributed by atoms with Crippen LogP contribution in [0.2, 0.25) is 0 Å². The Labute approximate surface area is 124 Å². The Bertz CT molecular complexity index is 388. The number of rotatable bonds is 8. The molecule has 0 aliphatic heterocycles. The van der Waals surface area contributed by atoms with E-state index in [0.29, 0.717) is 0 Å². The second-order valence-corrected chi connectivity index (χ2v) is 6.45. The first-order chi connectivity index (χ1) is 8.88. The second kappa shape index (κ2) is 7.41. The molecule has 1 N–H and O–H groups in total. The molecule has 0 radical (unpaired) electrons. The van der Waals surface area contributed by atoms with Gasteiger partial charge in [-0.25, -0.2) is 0 Å². The summed E-state index contributed by atoms with van der Waals surface area (Å²) in [4.78, 5) is 2.12. The van der Waals surface area contributed by atoms with Crippen LogP contribution in [0.15, 0.2) is 10.7 Å². The fraction of sp³-hybridized carbons (Fsp3) is 0.786. The van der Waals surface area contributed by atoms with E-state index >= 15 is 0 Å². The predicted octanol–water partition coefficient (Wildman–Crippen LogP) is 3.00. The molecule has 1 heterocycles. The van der Waals surface area contributed by atoms with Crippen molar-refractivity contribution in [3.63, 3.8) is 0 Å². The van der Waals surface area contributed by atoms with Crippen LogP contribution in [-0.4, -0.2) is 40.4 Å². The highest BCUT2D eigenvalue weighted by atomic mass is 79.9. The summed E-state index contributed by atoms with van der Waals surface area (Å²) < 4.78 is 2.81. The molecule has 110 valence electrons. The Morgan fingerprint density at radius 1 is 1.42 bits per heavy atom. The maximum Gasteiger partial charge on any atom is 0.105 e. The molecule has 0 fully saturated rings. The van der Waals surface area contributed by atoms with Crippen molar-refractivity contribution in [3.8, 4) is 0 Å². The topological polar surface area (TPSA) is 41.3 Å². The van der Waals surface area contributed by atoms with E-state index in [1.54, 1.807) is 6.20 Å². The lowest BCUT2D eigenvalue weighted by Gasteiger charge is -2.25. The van der Waals surface area contributed by atoms with Gasteiger partial charge in [0.2, 0.25) is 0 Å². The second-order valence-electron chi connectivity index (χ2n) is 5.60. The zero-order valence-corrected chi connectivity index (χ0v) is 14.1. The average molecular weight is 332 g/mol. The molecule has 19 heavy (non-hydrogen) atoms. The third-order valence-electron chi connectivity index (χ3n) is 3.33. The van der Waals surface area contributed by atoms with Crippen LogP contribution in [-0.2, 0) is 12.1 Å². The largest absolute Gasteiger partial charge is 0.384 e. The molecule has 5 heteroatoms. The van der Waals surface area contributed by atoms with Gasteiger partial charge in [0, 0.05) is 6.54 Å². The Morgan fingerprint density at radius 3 is 2.68 bits per heavy atom. The van der Waals surface area contributed by atoms with E-state index in [4.69, 9.17) is 0 Å². The minimum absolute atomic E-state index is 0.771. The summed E-state index contributed by atoms with van der Waals surface area (Å²) in [5.41, 5.74) is 0.0713. The number of halogens is 1. The van der Waals surface area contributed by atoms with Crippen LogP contribution in [0.3, 0.4) is 0 Å². The summed E-state index contributed by atoms with van der Waals surface area (Å²) >= 11 is 3.51. The van der Waals surface area contributed by atoms with E-state index in [2.05, 4.69) is 32.9 Å². The molecule has 0 spiro atoms. The summed E-state index contributed by atoms with van der Waals surface area (Å²) in [6.07, 6.45) is 5.90. The molecule has 0 aliphatic rings. The Hall–Kier alpha value is -0.390. The molecule has 0 saturated heterocycles. The van der Waals surface area contributed by atoms with Gasteiger partial charge in [-0.2, -0.15) is 5.10 Å². The zero-order valence-electron chi connectivity index (χ0n) is 12.5. The molecule has 0 amide bonds. The van der Waals surface area contributed by atoms with Gasteiger partial charge in [-0.15, -0.1) is 0 Å². The van der Waals surface area contributed by atoms with E-state index in [1.807, 2.05) is 25.7 Å². The molecule has 0 aromatic carbocycles. The predicted molar refractivity (Wildman–Crippen MR) is 82.2 cm³/mol. The molecule has 1 aromatic heterocycles.